The number of nitrogens with zero attached hydrogens (tertiary/aromatic N) is 2. The number of halogens is 3. The maximum atomic E-state index is 11.9. The maximum absolute atomic E-state index is 11.9. The number of aliphatic carboxylic acids is 1. The number of nitrogens with one attached hydrogen (secondary N) is 1. The smallest absolute Gasteiger partial charge is 0.397 e. The van der Waals surface area contributed by atoms with Crippen molar-refractivity contribution in [1.82, 2.24) is 10.2 Å². The highest BCUT2D eigenvalue weighted by Gasteiger charge is 2.31. The molecule has 0 spiro atoms. The lowest BCUT2D eigenvalue weighted by atomic mass is 10.4. The molecular formula is C7H6F3N3O3S2. The Balaban J connectivity index is 2.48. The molecule has 0 saturated carbocycles. The van der Waals surface area contributed by atoms with E-state index in [1.807, 2.05) is 5.32 Å². The quantitative estimate of drug-likeness (QED) is 0.634. The lowest BCUT2D eigenvalue weighted by molar-refractivity contribution is -0.150. The number of anilines is 1. The zero-order valence-electron chi connectivity index (χ0n) is 8.52. The Bertz CT molecular complexity index is 449. The normalized spacial score (nSPS) is 11.3. The number of rotatable bonds is 5. The number of carboxylic acid groups (broad SMARTS) is 1. The maximum Gasteiger partial charge on any atom is 0.397 e. The molecule has 1 aromatic rings. The van der Waals surface area contributed by atoms with E-state index < -0.39 is 24.5 Å². The summed E-state index contributed by atoms with van der Waals surface area (Å²) < 4.78 is 35.8. The number of carbonyl (C=O) groups excluding carboxylic acids is 1. The number of aromatic nitrogens is 2. The van der Waals surface area contributed by atoms with Gasteiger partial charge in [-0.3, -0.25) is 9.59 Å². The van der Waals surface area contributed by atoms with Crippen LogP contribution in [0.3, 0.4) is 0 Å². The van der Waals surface area contributed by atoms with Gasteiger partial charge in [0.25, 0.3) is 0 Å². The molecule has 0 saturated heterocycles. The number of amides is 1. The molecule has 0 bridgehead atoms. The molecule has 0 radical (unpaired) electrons. The summed E-state index contributed by atoms with van der Waals surface area (Å²) in [6, 6.07) is 0. The average Bonchev–Trinajstić information content (AvgIpc) is 2.59. The van der Waals surface area contributed by atoms with Crippen molar-refractivity contribution in [3.63, 3.8) is 0 Å². The van der Waals surface area contributed by atoms with Crippen molar-refractivity contribution >= 4 is 40.1 Å². The Labute approximate surface area is 107 Å². The number of alkyl halides is 3. The van der Waals surface area contributed by atoms with Crippen molar-refractivity contribution in [1.29, 1.82) is 0 Å². The summed E-state index contributed by atoms with van der Waals surface area (Å²) in [5.41, 5.74) is 0. The van der Waals surface area contributed by atoms with E-state index in [4.69, 9.17) is 5.11 Å². The van der Waals surface area contributed by atoms with Gasteiger partial charge in [-0.25, -0.2) is 0 Å². The summed E-state index contributed by atoms with van der Waals surface area (Å²) in [4.78, 5) is 21.2. The van der Waals surface area contributed by atoms with Crippen molar-refractivity contribution in [3.8, 4) is 0 Å². The topological polar surface area (TPSA) is 92.2 Å². The number of carboxylic acids is 1. The first-order chi connectivity index (χ1) is 8.26. The standard InChI is InChI=1S/C7H6F3N3O3S2/c8-7(9,10)1-3(14)11-5-12-13-6(18-5)17-2-4(15)16/h1-2H2,(H,15,16)(H,11,12,14). The first kappa shape index (κ1) is 14.7. The zero-order chi connectivity index (χ0) is 13.8. The highest BCUT2D eigenvalue weighted by Crippen LogP contribution is 2.26. The van der Waals surface area contributed by atoms with Crippen molar-refractivity contribution in [2.75, 3.05) is 11.1 Å². The van der Waals surface area contributed by atoms with E-state index in [1.165, 1.54) is 0 Å². The minimum absolute atomic E-state index is 0.0999. The fraction of sp³-hybridized carbons (Fsp3) is 0.429. The molecule has 11 heteroatoms. The summed E-state index contributed by atoms with van der Waals surface area (Å²) in [5.74, 6) is -2.54. The Kier molecular flexibility index (Phi) is 4.90. The van der Waals surface area contributed by atoms with Gasteiger partial charge in [-0.1, -0.05) is 23.1 Å². The van der Waals surface area contributed by atoms with Crippen LogP contribution in [-0.2, 0) is 9.59 Å². The fourth-order valence-electron chi connectivity index (χ4n) is 0.788. The lowest BCUT2D eigenvalue weighted by Gasteiger charge is -2.04. The van der Waals surface area contributed by atoms with Gasteiger partial charge in [-0.15, -0.1) is 10.2 Å². The largest absolute Gasteiger partial charge is 0.481 e. The van der Waals surface area contributed by atoms with E-state index in [0.29, 0.717) is 0 Å². The molecule has 18 heavy (non-hydrogen) atoms. The Morgan fingerprint density at radius 1 is 1.39 bits per heavy atom. The molecule has 0 unspecified atom stereocenters. The second-order valence-corrected chi connectivity index (χ2v) is 5.10. The van der Waals surface area contributed by atoms with Crippen LogP contribution in [0.4, 0.5) is 18.3 Å². The van der Waals surface area contributed by atoms with E-state index in [2.05, 4.69) is 10.2 Å². The Hall–Kier alpha value is -1.36. The van der Waals surface area contributed by atoms with Crippen LogP contribution in [0.15, 0.2) is 4.34 Å². The first-order valence-corrected chi connectivity index (χ1v) is 6.11. The number of hydrogen-bond acceptors (Lipinski definition) is 6. The predicted octanol–water partition coefficient (Wildman–Crippen LogP) is 1.61. The van der Waals surface area contributed by atoms with Crippen molar-refractivity contribution in [3.05, 3.63) is 0 Å². The second kappa shape index (κ2) is 6.00. The molecular weight excluding hydrogens is 295 g/mol. The summed E-state index contributed by atoms with van der Waals surface area (Å²) in [7, 11) is 0. The average molecular weight is 301 g/mol. The van der Waals surface area contributed by atoms with Gasteiger partial charge in [0.2, 0.25) is 11.0 Å². The van der Waals surface area contributed by atoms with Gasteiger partial charge in [0.15, 0.2) is 4.34 Å². The highest BCUT2D eigenvalue weighted by atomic mass is 32.2. The molecule has 0 fully saturated rings. The molecule has 6 nitrogen and oxygen atoms in total. The van der Waals surface area contributed by atoms with Crippen LogP contribution < -0.4 is 5.32 Å². The number of hydrogen-bond donors (Lipinski definition) is 2. The van der Waals surface area contributed by atoms with E-state index in [9.17, 15) is 22.8 Å². The lowest BCUT2D eigenvalue weighted by Crippen LogP contribution is -2.21. The summed E-state index contributed by atoms with van der Waals surface area (Å²) >= 11 is 1.67. The molecule has 1 amide bonds. The molecule has 100 valence electrons. The van der Waals surface area contributed by atoms with Gasteiger partial charge in [0.1, 0.15) is 6.42 Å². The van der Waals surface area contributed by atoms with Crippen LogP contribution in [0.5, 0.6) is 0 Å². The molecule has 1 aromatic heterocycles. The van der Waals surface area contributed by atoms with Gasteiger partial charge in [-0.05, 0) is 0 Å². The SMILES string of the molecule is O=C(O)CSc1nnc(NC(=O)CC(F)(F)F)s1. The van der Waals surface area contributed by atoms with E-state index in [1.54, 1.807) is 0 Å². The molecule has 1 heterocycles. The Morgan fingerprint density at radius 2 is 2.06 bits per heavy atom. The number of carbonyl (C=O) groups is 2. The molecule has 1 rings (SSSR count). The van der Waals surface area contributed by atoms with E-state index in [0.717, 1.165) is 23.1 Å². The van der Waals surface area contributed by atoms with Crippen LogP contribution >= 0.6 is 23.1 Å². The Morgan fingerprint density at radius 3 is 2.61 bits per heavy atom. The zero-order valence-corrected chi connectivity index (χ0v) is 10.2. The van der Waals surface area contributed by atoms with Gasteiger partial charge in [-0.2, -0.15) is 13.2 Å². The predicted molar refractivity (Wildman–Crippen MR) is 57.6 cm³/mol. The van der Waals surface area contributed by atoms with Crippen molar-refractivity contribution in [2.45, 2.75) is 16.9 Å². The van der Waals surface area contributed by atoms with Crippen molar-refractivity contribution < 1.29 is 27.9 Å². The molecule has 0 atom stereocenters. The monoisotopic (exact) mass is 301 g/mol. The first-order valence-electron chi connectivity index (χ1n) is 4.31. The van der Waals surface area contributed by atoms with Crippen LogP contribution in [0.1, 0.15) is 6.42 Å². The van der Waals surface area contributed by atoms with Gasteiger partial charge in [0, 0.05) is 0 Å². The van der Waals surface area contributed by atoms with Gasteiger partial charge < -0.3 is 10.4 Å². The molecule has 2 N–H and O–H groups in total. The number of thioether (sulfide) groups is 1. The van der Waals surface area contributed by atoms with Crippen molar-refractivity contribution in [2.24, 2.45) is 0 Å². The second-order valence-electron chi connectivity index (χ2n) is 2.90. The summed E-state index contributed by atoms with van der Waals surface area (Å²) in [6.07, 6.45) is -6.19. The third-order valence-corrected chi connectivity index (χ3v) is 3.29. The minimum atomic E-state index is -4.59. The van der Waals surface area contributed by atoms with E-state index in [-0.39, 0.29) is 15.2 Å². The summed E-state index contributed by atoms with van der Waals surface area (Å²) in [5, 5.41) is 17.2. The van der Waals surface area contributed by atoms with Crippen LogP contribution in [0.2, 0.25) is 0 Å². The van der Waals surface area contributed by atoms with Crippen LogP contribution in [-0.4, -0.2) is 39.1 Å². The highest BCUT2D eigenvalue weighted by molar-refractivity contribution is 8.01. The van der Waals surface area contributed by atoms with Gasteiger partial charge in [0.05, 0.1) is 5.75 Å². The van der Waals surface area contributed by atoms with Crippen LogP contribution in [0.25, 0.3) is 0 Å². The molecule has 0 aliphatic rings. The third kappa shape index (κ3) is 5.82. The molecule has 0 aliphatic heterocycles. The third-order valence-electron chi connectivity index (χ3n) is 1.33. The van der Waals surface area contributed by atoms with E-state index >= 15 is 0 Å². The van der Waals surface area contributed by atoms with Gasteiger partial charge >= 0.3 is 12.1 Å². The summed E-state index contributed by atoms with van der Waals surface area (Å²) in [6.45, 7) is 0. The molecule has 0 aliphatic carbocycles. The molecule has 0 aromatic carbocycles. The fourth-order valence-corrected chi connectivity index (χ4v) is 2.28. The van der Waals surface area contributed by atoms with Crippen LogP contribution in [0, 0.1) is 0 Å². The minimum Gasteiger partial charge on any atom is -0.481 e.